The molecule has 0 N–H and O–H groups in total. The minimum absolute atomic E-state index is 0.0274. The Morgan fingerprint density at radius 2 is 1.56 bits per heavy atom. The normalized spacial score (nSPS) is 15.1. The Balaban J connectivity index is 1.59. The number of ether oxygens (including phenoxy) is 1. The van der Waals surface area contributed by atoms with Crippen molar-refractivity contribution in [1.29, 1.82) is 0 Å². The number of carbonyl (C=O) groups is 1. The van der Waals surface area contributed by atoms with Gasteiger partial charge in [-0.2, -0.15) is 5.10 Å². The molecule has 1 aliphatic heterocycles. The summed E-state index contributed by atoms with van der Waals surface area (Å²) in [6, 6.07) is 28.2. The predicted molar refractivity (Wildman–Crippen MR) is 125 cm³/mol. The van der Waals surface area contributed by atoms with Gasteiger partial charge in [0, 0.05) is 24.7 Å². The van der Waals surface area contributed by atoms with Gasteiger partial charge in [-0.3, -0.25) is 9.48 Å². The molecule has 5 rings (SSSR count). The minimum Gasteiger partial charge on any atom is -0.497 e. The average Bonchev–Trinajstić information content (AvgIpc) is 3.33. The van der Waals surface area contributed by atoms with E-state index in [9.17, 15) is 4.79 Å². The van der Waals surface area contributed by atoms with Crippen LogP contribution in [-0.4, -0.2) is 34.2 Å². The summed E-state index contributed by atoms with van der Waals surface area (Å²) >= 11 is 0. The fourth-order valence-electron chi connectivity index (χ4n) is 4.53. The maximum atomic E-state index is 13.6. The number of hydrogen-bond donors (Lipinski definition) is 0. The van der Waals surface area contributed by atoms with Gasteiger partial charge in [-0.1, -0.05) is 60.7 Å². The van der Waals surface area contributed by atoms with Crippen molar-refractivity contribution in [3.63, 3.8) is 0 Å². The second-order valence-corrected chi connectivity index (χ2v) is 8.01. The third-order valence-electron chi connectivity index (χ3n) is 6.10. The summed E-state index contributed by atoms with van der Waals surface area (Å²) in [6.07, 6.45) is 0.801. The molecule has 1 amide bonds. The van der Waals surface area contributed by atoms with E-state index in [0.717, 1.165) is 34.6 Å². The lowest BCUT2D eigenvalue weighted by atomic mass is 9.96. The first kappa shape index (κ1) is 20.1. The highest BCUT2D eigenvalue weighted by atomic mass is 16.5. The number of hydrogen-bond acceptors (Lipinski definition) is 3. The second-order valence-electron chi connectivity index (χ2n) is 8.01. The van der Waals surface area contributed by atoms with Crippen molar-refractivity contribution in [1.82, 2.24) is 14.7 Å². The molecule has 0 bridgehead atoms. The number of amides is 1. The van der Waals surface area contributed by atoms with Crippen molar-refractivity contribution in [2.75, 3.05) is 13.7 Å². The highest BCUT2D eigenvalue weighted by Gasteiger charge is 2.43. The van der Waals surface area contributed by atoms with E-state index < -0.39 is 0 Å². The van der Waals surface area contributed by atoms with E-state index in [1.54, 1.807) is 11.8 Å². The van der Waals surface area contributed by atoms with Crippen LogP contribution in [0.4, 0.5) is 0 Å². The van der Waals surface area contributed by atoms with Crippen molar-refractivity contribution in [2.24, 2.45) is 7.05 Å². The molecule has 0 aliphatic carbocycles. The van der Waals surface area contributed by atoms with E-state index in [1.807, 2.05) is 72.6 Å². The van der Waals surface area contributed by atoms with Gasteiger partial charge in [0.1, 0.15) is 11.4 Å². The van der Waals surface area contributed by atoms with Crippen LogP contribution in [0, 0.1) is 0 Å². The first-order valence-electron chi connectivity index (χ1n) is 10.8. The molecule has 0 spiro atoms. The lowest BCUT2D eigenvalue weighted by Crippen LogP contribution is -2.32. The summed E-state index contributed by atoms with van der Waals surface area (Å²) in [6.45, 7) is 0.638. The van der Waals surface area contributed by atoms with Gasteiger partial charge in [0.15, 0.2) is 0 Å². The molecule has 0 saturated heterocycles. The number of fused-ring (bicyclic) bond motifs is 1. The van der Waals surface area contributed by atoms with Crippen LogP contribution < -0.4 is 4.74 Å². The van der Waals surface area contributed by atoms with Crippen molar-refractivity contribution < 1.29 is 9.53 Å². The monoisotopic (exact) mass is 423 g/mol. The molecule has 0 fully saturated rings. The molecular formula is C27H25N3O2. The molecule has 32 heavy (non-hydrogen) atoms. The molecule has 2 heterocycles. The Morgan fingerprint density at radius 1 is 0.906 bits per heavy atom. The number of methoxy groups -OCH3 is 1. The van der Waals surface area contributed by atoms with Crippen LogP contribution in [0.3, 0.4) is 0 Å². The molecule has 1 aromatic heterocycles. The highest BCUT2D eigenvalue weighted by molar-refractivity contribution is 6.00. The third-order valence-corrected chi connectivity index (χ3v) is 6.10. The fourth-order valence-corrected chi connectivity index (χ4v) is 4.53. The van der Waals surface area contributed by atoms with Gasteiger partial charge in [-0.15, -0.1) is 0 Å². The molecule has 160 valence electrons. The van der Waals surface area contributed by atoms with E-state index in [0.29, 0.717) is 12.2 Å². The standard InChI is InChI=1S/C27H25N3O2/c1-29-26-23(24(28-29)20-13-15-22(32-2)16-14-20)25(21-11-7-4-8-12-21)30(27(26)31)18-17-19-9-5-3-6-10-19/h3-16,25H,17-18H2,1-2H3/t25-/m0/s1. The quantitative estimate of drug-likeness (QED) is 0.444. The maximum Gasteiger partial charge on any atom is 0.273 e. The zero-order chi connectivity index (χ0) is 22.1. The molecule has 0 radical (unpaired) electrons. The first-order valence-corrected chi connectivity index (χ1v) is 10.8. The van der Waals surface area contributed by atoms with Gasteiger partial charge in [-0.25, -0.2) is 0 Å². The van der Waals surface area contributed by atoms with Gasteiger partial charge in [0.25, 0.3) is 5.91 Å². The summed E-state index contributed by atoms with van der Waals surface area (Å²) < 4.78 is 7.05. The van der Waals surface area contributed by atoms with Crippen LogP contribution in [-0.2, 0) is 13.5 Å². The molecule has 0 saturated carbocycles. The number of nitrogens with zero attached hydrogens (tertiary/aromatic N) is 3. The Bertz CT molecular complexity index is 1230. The average molecular weight is 424 g/mol. The van der Waals surface area contributed by atoms with Crippen LogP contribution in [0.25, 0.3) is 11.3 Å². The molecule has 3 aromatic carbocycles. The third kappa shape index (κ3) is 3.46. The van der Waals surface area contributed by atoms with E-state index in [4.69, 9.17) is 9.84 Å². The highest BCUT2D eigenvalue weighted by Crippen LogP contribution is 2.43. The Kier molecular flexibility index (Phi) is 5.23. The van der Waals surface area contributed by atoms with E-state index >= 15 is 0 Å². The SMILES string of the molecule is COc1ccc(-c2nn(C)c3c2[C@H](c2ccccc2)N(CCc2ccccc2)C3=O)cc1. The van der Waals surface area contributed by atoms with Gasteiger partial charge in [-0.05, 0) is 41.8 Å². The number of carbonyl (C=O) groups excluding carboxylic acids is 1. The molecule has 5 nitrogen and oxygen atoms in total. The van der Waals surface area contributed by atoms with E-state index in [-0.39, 0.29) is 11.9 Å². The molecule has 1 atom stereocenters. The number of benzene rings is 3. The lowest BCUT2D eigenvalue weighted by molar-refractivity contribution is 0.0742. The summed E-state index contributed by atoms with van der Waals surface area (Å²) in [5.41, 5.74) is 5.77. The Labute approximate surface area is 187 Å². The molecule has 0 unspecified atom stereocenters. The topological polar surface area (TPSA) is 47.4 Å². The largest absolute Gasteiger partial charge is 0.497 e. The van der Waals surface area contributed by atoms with Gasteiger partial charge >= 0.3 is 0 Å². The summed E-state index contributed by atoms with van der Waals surface area (Å²) in [5, 5.41) is 4.77. The van der Waals surface area contributed by atoms with Crippen LogP contribution in [0.1, 0.15) is 33.2 Å². The summed E-state index contributed by atoms with van der Waals surface area (Å²) in [7, 11) is 3.51. The van der Waals surface area contributed by atoms with Crippen molar-refractivity contribution in [2.45, 2.75) is 12.5 Å². The predicted octanol–water partition coefficient (Wildman–Crippen LogP) is 4.88. The van der Waals surface area contributed by atoms with Gasteiger partial charge < -0.3 is 9.64 Å². The smallest absolute Gasteiger partial charge is 0.273 e. The van der Waals surface area contributed by atoms with Crippen LogP contribution in [0.15, 0.2) is 84.9 Å². The number of rotatable bonds is 6. The zero-order valence-corrected chi connectivity index (χ0v) is 18.2. The molecule has 4 aromatic rings. The van der Waals surface area contributed by atoms with Crippen LogP contribution >= 0.6 is 0 Å². The van der Waals surface area contributed by atoms with Gasteiger partial charge in [0.05, 0.1) is 18.8 Å². The summed E-state index contributed by atoms with van der Waals surface area (Å²) in [4.78, 5) is 15.6. The number of aryl methyl sites for hydroxylation is 1. The van der Waals surface area contributed by atoms with Crippen molar-refractivity contribution in [3.8, 4) is 17.0 Å². The fraction of sp³-hybridized carbons (Fsp3) is 0.185. The van der Waals surface area contributed by atoms with Gasteiger partial charge in [0.2, 0.25) is 0 Å². The molecule has 5 heteroatoms. The zero-order valence-electron chi connectivity index (χ0n) is 18.2. The second kappa shape index (κ2) is 8.35. The Hall–Kier alpha value is -3.86. The Morgan fingerprint density at radius 3 is 2.22 bits per heavy atom. The van der Waals surface area contributed by atoms with Crippen LogP contribution in [0.2, 0.25) is 0 Å². The van der Waals surface area contributed by atoms with E-state index in [1.165, 1.54) is 5.56 Å². The van der Waals surface area contributed by atoms with Crippen molar-refractivity contribution in [3.05, 3.63) is 107 Å². The maximum absolute atomic E-state index is 13.6. The lowest BCUT2D eigenvalue weighted by Gasteiger charge is -2.26. The minimum atomic E-state index is -0.173. The van der Waals surface area contributed by atoms with Crippen molar-refractivity contribution >= 4 is 5.91 Å². The molecule has 1 aliphatic rings. The van der Waals surface area contributed by atoms with Crippen LogP contribution in [0.5, 0.6) is 5.75 Å². The number of aromatic nitrogens is 2. The summed E-state index contributed by atoms with van der Waals surface area (Å²) in [5.74, 6) is 0.820. The van der Waals surface area contributed by atoms with E-state index in [2.05, 4.69) is 24.3 Å². The first-order chi connectivity index (χ1) is 15.7. The molecular weight excluding hydrogens is 398 g/mol.